The highest BCUT2D eigenvalue weighted by atomic mass is 16.5. The van der Waals surface area contributed by atoms with Crippen molar-refractivity contribution in [1.82, 2.24) is 4.90 Å². The molecule has 0 radical (unpaired) electrons. The lowest BCUT2D eigenvalue weighted by atomic mass is 9.91. The molecule has 0 spiro atoms. The van der Waals surface area contributed by atoms with Gasteiger partial charge in [0.2, 0.25) is 0 Å². The fourth-order valence-electron chi connectivity index (χ4n) is 3.83. The third-order valence-electron chi connectivity index (χ3n) is 4.85. The zero-order valence-electron chi connectivity index (χ0n) is 12.2. The summed E-state index contributed by atoms with van der Waals surface area (Å²) in [6, 6.07) is 8.16. The van der Waals surface area contributed by atoms with Crippen molar-refractivity contribution in [3.63, 3.8) is 0 Å². The molecule has 2 unspecified atom stereocenters. The molecule has 108 valence electrons. The maximum Gasteiger partial charge on any atom is 0.176 e. The summed E-state index contributed by atoms with van der Waals surface area (Å²) in [6.07, 6.45) is 6.56. The summed E-state index contributed by atoms with van der Waals surface area (Å²) in [5.74, 6) is 1.81. The average molecular weight is 273 g/mol. The monoisotopic (exact) mass is 273 g/mol. The third kappa shape index (κ3) is 2.73. The maximum atomic E-state index is 12.5. The molecular formula is C17H23NO2. The van der Waals surface area contributed by atoms with Crippen molar-refractivity contribution >= 4 is 5.78 Å². The molecule has 3 heteroatoms. The van der Waals surface area contributed by atoms with Crippen LogP contribution in [-0.4, -0.2) is 36.9 Å². The van der Waals surface area contributed by atoms with Gasteiger partial charge in [-0.25, -0.2) is 0 Å². The van der Waals surface area contributed by atoms with E-state index in [1.165, 1.54) is 32.1 Å². The molecule has 0 amide bonds. The van der Waals surface area contributed by atoms with Crippen LogP contribution in [0, 0.1) is 5.92 Å². The molecule has 3 nitrogen and oxygen atoms in total. The van der Waals surface area contributed by atoms with Gasteiger partial charge in [0.05, 0.1) is 13.7 Å². The number of fused-ring (bicyclic) bond motifs is 1. The normalized spacial score (nSPS) is 26.2. The highest BCUT2D eigenvalue weighted by molar-refractivity contribution is 5.98. The van der Waals surface area contributed by atoms with E-state index in [1.54, 1.807) is 7.11 Å². The number of ketones is 1. The first kappa shape index (κ1) is 13.6. The molecule has 0 aromatic heterocycles. The zero-order chi connectivity index (χ0) is 13.9. The second-order valence-electron chi connectivity index (χ2n) is 6.03. The fraction of sp³-hybridized carbons (Fsp3) is 0.588. The molecule has 1 aliphatic carbocycles. The van der Waals surface area contributed by atoms with Crippen molar-refractivity contribution in [3.05, 3.63) is 29.8 Å². The second kappa shape index (κ2) is 5.96. The number of Topliss-reactive ketones (excluding diaryl/α,β-unsaturated/α-hetero) is 1. The lowest BCUT2D eigenvalue weighted by molar-refractivity contribution is 0.0776. The SMILES string of the molecule is COc1cccc(C(=O)CN2CCCC3CCCC32)c1. The van der Waals surface area contributed by atoms with Crippen molar-refractivity contribution in [3.8, 4) is 5.75 Å². The molecule has 3 rings (SSSR count). The van der Waals surface area contributed by atoms with Gasteiger partial charge in [0.15, 0.2) is 5.78 Å². The number of hydrogen-bond donors (Lipinski definition) is 0. The summed E-state index contributed by atoms with van der Waals surface area (Å²) in [4.78, 5) is 14.9. The predicted molar refractivity (Wildman–Crippen MR) is 79.3 cm³/mol. The van der Waals surface area contributed by atoms with Crippen LogP contribution >= 0.6 is 0 Å². The molecule has 0 N–H and O–H groups in total. The Morgan fingerprint density at radius 1 is 1.30 bits per heavy atom. The minimum absolute atomic E-state index is 0.219. The standard InChI is InChI=1S/C17H23NO2/c1-20-15-8-2-6-14(11-15)17(19)12-18-10-4-7-13-5-3-9-16(13)18/h2,6,8,11,13,16H,3-5,7,9-10,12H2,1H3. The van der Waals surface area contributed by atoms with E-state index in [2.05, 4.69) is 4.90 Å². The maximum absolute atomic E-state index is 12.5. The van der Waals surface area contributed by atoms with E-state index in [9.17, 15) is 4.79 Å². The van der Waals surface area contributed by atoms with E-state index in [0.29, 0.717) is 12.6 Å². The number of likely N-dealkylation sites (tertiary alicyclic amines) is 1. The Hall–Kier alpha value is -1.35. The summed E-state index contributed by atoms with van der Waals surface area (Å²) in [5, 5.41) is 0. The van der Waals surface area contributed by atoms with E-state index in [4.69, 9.17) is 4.74 Å². The van der Waals surface area contributed by atoms with Crippen LogP contribution in [-0.2, 0) is 0 Å². The Bertz CT molecular complexity index is 486. The second-order valence-corrected chi connectivity index (χ2v) is 6.03. The van der Waals surface area contributed by atoms with Crippen molar-refractivity contribution in [1.29, 1.82) is 0 Å². The molecule has 2 atom stereocenters. The quantitative estimate of drug-likeness (QED) is 0.789. The minimum Gasteiger partial charge on any atom is -0.497 e. The first-order valence-electron chi connectivity index (χ1n) is 7.69. The number of carbonyl (C=O) groups is 1. The molecule has 20 heavy (non-hydrogen) atoms. The van der Waals surface area contributed by atoms with Gasteiger partial charge in [-0.3, -0.25) is 9.69 Å². The molecule has 0 bridgehead atoms. The minimum atomic E-state index is 0.219. The van der Waals surface area contributed by atoms with Crippen LogP contribution in [0.1, 0.15) is 42.5 Å². The summed E-state index contributed by atoms with van der Waals surface area (Å²) < 4.78 is 5.20. The van der Waals surface area contributed by atoms with E-state index in [1.807, 2.05) is 24.3 Å². The highest BCUT2D eigenvalue weighted by Crippen LogP contribution is 2.36. The van der Waals surface area contributed by atoms with Gasteiger partial charge in [-0.2, -0.15) is 0 Å². The van der Waals surface area contributed by atoms with Gasteiger partial charge in [0.1, 0.15) is 5.75 Å². The fourth-order valence-corrected chi connectivity index (χ4v) is 3.83. The van der Waals surface area contributed by atoms with Crippen LogP contribution in [0.15, 0.2) is 24.3 Å². The summed E-state index contributed by atoms with van der Waals surface area (Å²) in [5.41, 5.74) is 0.768. The van der Waals surface area contributed by atoms with E-state index < -0.39 is 0 Å². The summed E-state index contributed by atoms with van der Waals surface area (Å²) >= 11 is 0. The first-order valence-corrected chi connectivity index (χ1v) is 7.69. The predicted octanol–water partition coefficient (Wildman–Crippen LogP) is 3.14. The van der Waals surface area contributed by atoms with Crippen molar-refractivity contribution < 1.29 is 9.53 Å². The Kier molecular flexibility index (Phi) is 4.06. The molecule has 1 aliphatic heterocycles. The largest absolute Gasteiger partial charge is 0.497 e. The van der Waals surface area contributed by atoms with Gasteiger partial charge in [0.25, 0.3) is 0 Å². The topological polar surface area (TPSA) is 29.5 Å². The van der Waals surface area contributed by atoms with Crippen LogP contribution in [0.2, 0.25) is 0 Å². The van der Waals surface area contributed by atoms with Crippen LogP contribution in [0.3, 0.4) is 0 Å². The van der Waals surface area contributed by atoms with Crippen LogP contribution in [0.5, 0.6) is 5.75 Å². The molecule has 1 saturated heterocycles. The Morgan fingerprint density at radius 3 is 3.00 bits per heavy atom. The Morgan fingerprint density at radius 2 is 2.15 bits per heavy atom. The van der Waals surface area contributed by atoms with Crippen molar-refractivity contribution in [2.75, 3.05) is 20.2 Å². The van der Waals surface area contributed by atoms with Crippen LogP contribution < -0.4 is 4.74 Å². The first-order chi connectivity index (χ1) is 9.78. The van der Waals surface area contributed by atoms with Crippen molar-refractivity contribution in [2.45, 2.75) is 38.1 Å². The van der Waals surface area contributed by atoms with Crippen LogP contribution in [0.4, 0.5) is 0 Å². The number of piperidine rings is 1. The smallest absolute Gasteiger partial charge is 0.176 e. The number of benzene rings is 1. The summed E-state index contributed by atoms with van der Waals surface area (Å²) in [7, 11) is 1.64. The highest BCUT2D eigenvalue weighted by Gasteiger charge is 2.35. The lowest BCUT2D eigenvalue weighted by Crippen LogP contribution is -2.45. The molecule has 2 aliphatic rings. The van der Waals surface area contributed by atoms with Gasteiger partial charge in [0, 0.05) is 11.6 Å². The van der Waals surface area contributed by atoms with Gasteiger partial charge in [-0.1, -0.05) is 18.6 Å². The van der Waals surface area contributed by atoms with Crippen LogP contribution in [0.25, 0.3) is 0 Å². The Labute approximate surface area is 120 Å². The van der Waals surface area contributed by atoms with Gasteiger partial charge < -0.3 is 4.74 Å². The third-order valence-corrected chi connectivity index (χ3v) is 4.85. The number of methoxy groups -OCH3 is 1. The zero-order valence-corrected chi connectivity index (χ0v) is 12.2. The van der Waals surface area contributed by atoms with E-state index >= 15 is 0 Å². The number of carbonyl (C=O) groups excluding carboxylic acids is 1. The van der Waals surface area contributed by atoms with E-state index in [0.717, 1.165) is 23.8 Å². The average Bonchev–Trinajstić information content (AvgIpc) is 2.97. The Balaban J connectivity index is 1.68. The molecule has 1 heterocycles. The molecule has 1 aromatic carbocycles. The van der Waals surface area contributed by atoms with Crippen molar-refractivity contribution in [2.24, 2.45) is 5.92 Å². The molecule has 1 saturated carbocycles. The molecular weight excluding hydrogens is 250 g/mol. The van der Waals surface area contributed by atoms with Gasteiger partial charge in [-0.15, -0.1) is 0 Å². The number of rotatable bonds is 4. The number of nitrogens with zero attached hydrogens (tertiary/aromatic N) is 1. The van der Waals surface area contributed by atoms with Gasteiger partial charge in [-0.05, 0) is 50.3 Å². The number of hydrogen-bond acceptors (Lipinski definition) is 3. The number of ether oxygens (including phenoxy) is 1. The molecule has 1 aromatic rings. The van der Waals surface area contributed by atoms with E-state index in [-0.39, 0.29) is 5.78 Å². The van der Waals surface area contributed by atoms with Gasteiger partial charge >= 0.3 is 0 Å². The lowest BCUT2D eigenvalue weighted by Gasteiger charge is -2.37. The molecule has 2 fully saturated rings. The summed E-state index contributed by atoms with van der Waals surface area (Å²) in [6.45, 7) is 1.64.